The Morgan fingerprint density at radius 2 is 2.27 bits per heavy atom. The van der Waals surface area contributed by atoms with Crippen LogP contribution in [0.4, 0.5) is 5.69 Å². The van der Waals surface area contributed by atoms with Crippen LogP contribution in [0.5, 0.6) is 0 Å². The van der Waals surface area contributed by atoms with E-state index in [1.807, 2.05) is 31.2 Å². The average Bonchev–Trinajstić information content (AvgIpc) is 2.94. The van der Waals surface area contributed by atoms with Gasteiger partial charge in [-0.2, -0.15) is 5.10 Å². The first-order valence-corrected chi connectivity index (χ1v) is 7.53. The third kappa shape index (κ3) is 3.17. The third-order valence-electron chi connectivity index (χ3n) is 2.94. The van der Waals surface area contributed by atoms with Crippen LogP contribution < -0.4 is 10.9 Å². The van der Waals surface area contributed by atoms with E-state index in [0.29, 0.717) is 16.2 Å². The van der Waals surface area contributed by atoms with E-state index in [9.17, 15) is 9.59 Å². The highest BCUT2D eigenvalue weighted by Crippen LogP contribution is 2.15. The number of hydrogen-bond donors (Lipinski definition) is 3. The summed E-state index contributed by atoms with van der Waals surface area (Å²) in [5.41, 5.74) is 1.95. The van der Waals surface area contributed by atoms with Crippen molar-refractivity contribution in [3.05, 3.63) is 46.4 Å². The lowest BCUT2D eigenvalue weighted by Crippen LogP contribution is -2.15. The summed E-state index contributed by atoms with van der Waals surface area (Å²) in [4.78, 5) is 30.5. The van der Waals surface area contributed by atoms with Crippen molar-refractivity contribution < 1.29 is 4.79 Å². The zero-order chi connectivity index (χ0) is 15.5. The Hall–Kier alpha value is -2.61. The standard InChI is InChI=1S/C14H13N5O2S/c1-8-3-2-4-9(5-8)16-11(20)7-22-14-17-12-10(6-15-19-12)13(21)18-14/h2-6H,7H2,1H3,(H,16,20)(H2,15,17,18,19,21). The van der Waals surface area contributed by atoms with Crippen LogP contribution in [0.25, 0.3) is 11.0 Å². The molecule has 3 aromatic rings. The maximum Gasteiger partial charge on any atom is 0.262 e. The fourth-order valence-electron chi connectivity index (χ4n) is 1.95. The molecule has 2 heterocycles. The zero-order valence-electron chi connectivity index (χ0n) is 11.7. The Balaban J connectivity index is 1.66. The number of nitrogens with one attached hydrogen (secondary N) is 3. The lowest BCUT2D eigenvalue weighted by atomic mass is 10.2. The molecule has 2 aromatic heterocycles. The van der Waals surface area contributed by atoms with Crippen molar-refractivity contribution in [1.29, 1.82) is 0 Å². The van der Waals surface area contributed by atoms with Crippen molar-refractivity contribution in [2.75, 3.05) is 11.1 Å². The number of aromatic nitrogens is 4. The molecule has 0 aliphatic carbocycles. The molecule has 3 rings (SSSR count). The molecule has 0 fully saturated rings. The predicted molar refractivity (Wildman–Crippen MR) is 85.0 cm³/mol. The molecule has 0 aliphatic heterocycles. The van der Waals surface area contributed by atoms with Gasteiger partial charge in [-0.25, -0.2) is 4.98 Å². The van der Waals surface area contributed by atoms with Crippen LogP contribution in [-0.2, 0) is 4.79 Å². The van der Waals surface area contributed by atoms with E-state index in [4.69, 9.17) is 0 Å². The summed E-state index contributed by atoms with van der Waals surface area (Å²) >= 11 is 1.16. The van der Waals surface area contributed by atoms with Crippen molar-refractivity contribution in [1.82, 2.24) is 20.2 Å². The molecule has 3 N–H and O–H groups in total. The maximum atomic E-state index is 11.9. The average molecular weight is 315 g/mol. The second-order valence-corrected chi connectivity index (χ2v) is 5.67. The number of anilines is 1. The largest absolute Gasteiger partial charge is 0.325 e. The summed E-state index contributed by atoms with van der Waals surface area (Å²) in [5, 5.41) is 9.98. The van der Waals surface area contributed by atoms with Gasteiger partial charge in [-0.1, -0.05) is 23.9 Å². The lowest BCUT2D eigenvalue weighted by Gasteiger charge is -2.05. The Kier molecular flexibility index (Phi) is 3.92. The monoisotopic (exact) mass is 315 g/mol. The molecule has 0 atom stereocenters. The minimum Gasteiger partial charge on any atom is -0.325 e. The van der Waals surface area contributed by atoms with Crippen molar-refractivity contribution in [2.45, 2.75) is 12.1 Å². The molecule has 0 radical (unpaired) electrons. The molecular formula is C14H13N5O2S. The van der Waals surface area contributed by atoms with E-state index in [-0.39, 0.29) is 17.2 Å². The number of thioether (sulfide) groups is 1. The molecule has 0 saturated carbocycles. The lowest BCUT2D eigenvalue weighted by molar-refractivity contribution is -0.113. The molecule has 0 saturated heterocycles. The number of aryl methyl sites for hydroxylation is 1. The number of amides is 1. The molecular weight excluding hydrogens is 302 g/mol. The van der Waals surface area contributed by atoms with Gasteiger partial charge < -0.3 is 10.3 Å². The number of rotatable bonds is 4. The van der Waals surface area contributed by atoms with E-state index in [1.54, 1.807) is 0 Å². The van der Waals surface area contributed by atoms with Gasteiger partial charge in [-0.15, -0.1) is 0 Å². The SMILES string of the molecule is Cc1cccc(NC(=O)CSc2nc3[nH]ncc3c(=O)[nH]2)c1. The van der Waals surface area contributed by atoms with Gasteiger partial charge in [0.1, 0.15) is 5.39 Å². The molecule has 1 amide bonds. The molecule has 0 aliphatic rings. The summed E-state index contributed by atoms with van der Waals surface area (Å²) in [6.45, 7) is 1.96. The normalized spacial score (nSPS) is 10.8. The second kappa shape index (κ2) is 6.02. The molecule has 8 heteroatoms. The van der Waals surface area contributed by atoms with Gasteiger partial charge in [0.15, 0.2) is 10.8 Å². The number of carbonyl (C=O) groups is 1. The smallest absolute Gasteiger partial charge is 0.262 e. The highest BCUT2D eigenvalue weighted by atomic mass is 32.2. The number of fused-ring (bicyclic) bond motifs is 1. The van der Waals surface area contributed by atoms with Crippen LogP contribution in [0.3, 0.4) is 0 Å². The Morgan fingerprint density at radius 1 is 1.41 bits per heavy atom. The van der Waals surface area contributed by atoms with Crippen LogP contribution in [0, 0.1) is 6.92 Å². The Bertz CT molecular complexity index is 886. The van der Waals surface area contributed by atoms with Gasteiger partial charge in [0.05, 0.1) is 11.9 Å². The van der Waals surface area contributed by atoms with Gasteiger partial charge in [0.25, 0.3) is 5.56 Å². The summed E-state index contributed by atoms with van der Waals surface area (Å²) in [5.74, 6) is -0.0146. The first-order chi connectivity index (χ1) is 10.6. The third-order valence-corrected chi connectivity index (χ3v) is 3.81. The van der Waals surface area contributed by atoms with Crippen LogP contribution in [0.1, 0.15) is 5.56 Å². The fraction of sp³-hybridized carbons (Fsp3) is 0.143. The van der Waals surface area contributed by atoms with Gasteiger partial charge in [-0.05, 0) is 24.6 Å². The van der Waals surface area contributed by atoms with E-state index in [2.05, 4.69) is 25.5 Å². The number of benzene rings is 1. The van der Waals surface area contributed by atoms with Crippen LogP contribution in [0.2, 0.25) is 0 Å². The topological polar surface area (TPSA) is 104 Å². The van der Waals surface area contributed by atoms with Crippen molar-refractivity contribution >= 4 is 34.4 Å². The molecule has 22 heavy (non-hydrogen) atoms. The molecule has 1 aromatic carbocycles. The minimum absolute atomic E-state index is 0.149. The quantitative estimate of drug-likeness (QED) is 0.502. The van der Waals surface area contributed by atoms with Crippen LogP contribution in [-0.4, -0.2) is 31.8 Å². The van der Waals surface area contributed by atoms with Crippen molar-refractivity contribution in [3.8, 4) is 0 Å². The summed E-state index contributed by atoms with van der Waals surface area (Å²) in [6, 6.07) is 7.55. The van der Waals surface area contributed by atoms with E-state index in [1.165, 1.54) is 6.20 Å². The van der Waals surface area contributed by atoms with Crippen molar-refractivity contribution in [3.63, 3.8) is 0 Å². The number of nitrogens with zero attached hydrogens (tertiary/aromatic N) is 2. The van der Waals surface area contributed by atoms with Crippen LogP contribution >= 0.6 is 11.8 Å². The van der Waals surface area contributed by atoms with Gasteiger partial charge in [0, 0.05) is 5.69 Å². The molecule has 7 nitrogen and oxygen atoms in total. The van der Waals surface area contributed by atoms with E-state index in [0.717, 1.165) is 23.0 Å². The minimum atomic E-state index is -0.277. The number of hydrogen-bond acceptors (Lipinski definition) is 5. The Morgan fingerprint density at radius 3 is 3.09 bits per heavy atom. The highest BCUT2D eigenvalue weighted by Gasteiger charge is 2.08. The van der Waals surface area contributed by atoms with Crippen LogP contribution in [0.15, 0.2) is 40.4 Å². The van der Waals surface area contributed by atoms with Crippen molar-refractivity contribution in [2.24, 2.45) is 0 Å². The molecule has 0 bridgehead atoms. The van der Waals surface area contributed by atoms with Gasteiger partial charge in [-0.3, -0.25) is 14.7 Å². The first-order valence-electron chi connectivity index (χ1n) is 6.54. The van der Waals surface area contributed by atoms with Gasteiger partial charge in [0.2, 0.25) is 5.91 Å². The number of carbonyl (C=O) groups excluding carboxylic acids is 1. The Labute approximate surface area is 129 Å². The number of H-pyrrole nitrogens is 2. The van der Waals surface area contributed by atoms with E-state index >= 15 is 0 Å². The molecule has 0 spiro atoms. The number of aromatic amines is 2. The summed E-state index contributed by atoms with van der Waals surface area (Å²) in [7, 11) is 0. The maximum absolute atomic E-state index is 11.9. The zero-order valence-corrected chi connectivity index (χ0v) is 12.5. The second-order valence-electron chi connectivity index (χ2n) is 4.71. The summed E-state index contributed by atoms with van der Waals surface area (Å²) in [6.07, 6.45) is 1.42. The highest BCUT2D eigenvalue weighted by molar-refractivity contribution is 7.99. The summed E-state index contributed by atoms with van der Waals surface area (Å²) < 4.78 is 0. The van der Waals surface area contributed by atoms with E-state index < -0.39 is 0 Å². The predicted octanol–water partition coefficient (Wildman–Crippen LogP) is 1.69. The fourth-order valence-corrected chi connectivity index (χ4v) is 2.61. The van der Waals surface area contributed by atoms with Gasteiger partial charge >= 0.3 is 0 Å². The first kappa shape index (κ1) is 14.3. The molecule has 0 unspecified atom stereocenters. The molecule has 112 valence electrons.